The van der Waals surface area contributed by atoms with Crippen LogP contribution in [-0.2, 0) is 16.1 Å². The van der Waals surface area contributed by atoms with Crippen molar-refractivity contribution in [1.82, 2.24) is 10.6 Å². The van der Waals surface area contributed by atoms with Crippen molar-refractivity contribution in [3.63, 3.8) is 0 Å². The summed E-state index contributed by atoms with van der Waals surface area (Å²) in [6.07, 6.45) is 1.54. The lowest BCUT2D eigenvalue weighted by atomic mass is 9.88. The lowest BCUT2D eigenvalue weighted by Gasteiger charge is -2.25. The van der Waals surface area contributed by atoms with Gasteiger partial charge in [0.25, 0.3) is 5.91 Å². The first-order valence-corrected chi connectivity index (χ1v) is 8.96. The molecule has 1 heterocycles. The molecular formula is C19H29N3O4. The third kappa shape index (κ3) is 6.55. The number of nitrogens with two attached hydrogens (primary N) is 1. The third-order valence-electron chi connectivity index (χ3n) is 4.06. The molecule has 0 unspecified atom stereocenters. The third-order valence-corrected chi connectivity index (χ3v) is 4.06. The summed E-state index contributed by atoms with van der Waals surface area (Å²) in [6.45, 7) is 7.59. The molecule has 0 bridgehead atoms. The van der Waals surface area contributed by atoms with Gasteiger partial charge in [0.15, 0.2) is 6.61 Å². The molecule has 0 spiro atoms. The number of alkyl carbamates (subject to hydrolysis) is 1. The molecule has 144 valence electrons. The van der Waals surface area contributed by atoms with E-state index in [1.807, 2.05) is 39.0 Å². The van der Waals surface area contributed by atoms with Gasteiger partial charge in [-0.1, -0.05) is 12.1 Å². The Morgan fingerprint density at radius 3 is 2.58 bits per heavy atom. The maximum absolute atomic E-state index is 11.8. The molecule has 26 heavy (non-hydrogen) atoms. The molecule has 4 N–H and O–H groups in total. The minimum Gasteiger partial charge on any atom is -0.483 e. The normalized spacial score (nSPS) is 15.3. The van der Waals surface area contributed by atoms with Gasteiger partial charge < -0.3 is 25.8 Å². The Labute approximate surface area is 154 Å². The number of benzene rings is 1. The zero-order valence-electron chi connectivity index (χ0n) is 15.8. The molecule has 1 fully saturated rings. The first-order valence-electron chi connectivity index (χ1n) is 8.96. The summed E-state index contributed by atoms with van der Waals surface area (Å²) in [6, 6.07) is 5.74. The van der Waals surface area contributed by atoms with Gasteiger partial charge in [-0.2, -0.15) is 0 Å². The van der Waals surface area contributed by atoms with E-state index in [2.05, 4.69) is 10.6 Å². The van der Waals surface area contributed by atoms with Gasteiger partial charge in [0.2, 0.25) is 0 Å². The Hall–Kier alpha value is -2.28. The molecule has 2 rings (SSSR count). The summed E-state index contributed by atoms with van der Waals surface area (Å²) >= 11 is 0. The van der Waals surface area contributed by atoms with Gasteiger partial charge >= 0.3 is 6.09 Å². The molecule has 0 aliphatic carbocycles. The molecule has 0 atom stereocenters. The summed E-state index contributed by atoms with van der Waals surface area (Å²) in [4.78, 5) is 22.9. The van der Waals surface area contributed by atoms with Gasteiger partial charge in [-0.25, -0.2) is 4.79 Å². The molecule has 0 aromatic heterocycles. The molecule has 7 heteroatoms. The number of amides is 2. The Bertz CT molecular complexity index is 634. The van der Waals surface area contributed by atoms with Gasteiger partial charge in [0.1, 0.15) is 11.4 Å². The number of ether oxygens (including phenoxy) is 2. The summed E-state index contributed by atoms with van der Waals surface area (Å²) < 4.78 is 10.9. The van der Waals surface area contributed by atoms with E-state index in [0.29, 0.717) is 18.2 Å². The van der Waals surface area contributed by atoms with Gasteiger partial charge in [-0.05, 0) is 69.8 Å². The largest absolute Gasteiger partial charge is 0.483 e. The molecule has 1 aromatic rings. The number of rotatable bonds is 6. The van der Waals surface area contributed by atoms with Crippen LogP contribution in [0.3, 0.4) is 0 Å². The van der Waals surface area contributed by atoms with Crippen LogP contribution >= 0.6 is 0 Å². The number of hydrogen-bond donors (Lipinski definition) is 3. The van der Waals surface area contributed by atoms with Crippen LogP contribution < -0.4 is 21.1 Å². The molecule has 1 aromatic carbocycles. The Morgan fingerprint density at radius 2 is 1.96 bits per heavy atom. The maximum Gasteiger partial charge on any atom is 0.407 e. The zero-order chi connectivity index (χ0) is 19.2. The first-order chi connectivity index (χ1) is 12.2. The SMILES string of the molecule is CC(C)(C)OC(=O)NCc1ccc(OCC(N)=O)c(C2CCNCC2)c1. The second-order valence-electron chi connectivity index (χ2n) is 7.51. The van der Waals surface area contributed by atoms with Crippen molar-refractivity contribution in [1.29, 1.82) is 0 Å². The van der Waals surface area contributed by atoms with Gasteiger partial charge in [-0.3, -0.25) is 4.79 Å². The number of piperidine rings is 1. The molecule has 7 nitrogen and oxygen atoms in total. The minimum absolute atomic E-state index is 0.145. The number of hydrogen-bond acceptors (Lipinski definition) is 5. The molecule has 0 radical (unpaired) electrons. The smallest absolute Gasteiger partial charge is 0.407 e. The Kier molecular flexibility index (Phi) is 6.85. The van der Waals surface area contributed by atoms with Crippen LogP contribution in [0.25, 0.3) is 0 Å². The van der Waals surface area contributed by atoms with Crippen molar-refractivity contribution in [2.45, 2.75) is 51.7 Å². The Morgan fingerprint density at radius 1 is 1.27 bits per heavy atom. The van der Waals surface area contributed by atoms with E-state index in [9.17, 15) is 9.59 Å². The quantitative estimate of drug-likeness (QED) is 0.718. The fourth-order valence-electron chi connectivity index (χ4n) is 2.93. The number of carbonyl (C=O) groups excluding carboxylic acids is 2. The van der Waals surface area contributed by atoms with Crippen molar-refractivity contribution in [3.8, 4) is 5.75 Å². The monoisotopic (exact) mass is 363 g/mol. The van der Waals surface area contributed by atoms with Crippen LogP contribution in [0, 0.1) is 0 Å². The second kappa shape index (κ2) is 8.89. The fraction of sp³-hybridized carbons (Fsp3) is 0.579. The average Bonchev–Trinajstić information content (AvgIpc) is 2.57. The van der Waals surface area contributed by atoms with Crippen LogP contribution in [0.4, 0.5) is 4.79 Å². The lowest BCUT2D eigenvalue weighted by Crippen LogP contribution is -2.32. The van der Waals surface area contributed by atoms with Gasteiger partial charge in [-0.15, -0.1) is 0 Å². The molecule has 1 aliphatic rings. The number of primary amides is 1. The Balaban J connectivity index is 2.10. The van der Waals surface area contributed by atoms with Crippen LogP contribution in [0.2, 0.25) is 0 Å². The predicted octanol–water partition coefficient (Wildman–Crippen LogP) is 2.04. The summed E-state index contributed by atoms with van der Waals surface area (Å²) in [5, 5.41) is 6.11. The van der Waals surface area contributed by atoms with E-state index in [-0.39, 0.29) is 6.61 Å². The van der Waals surface area contributed by atoms with E-state index in [1.54, 1.807) is 0 Å². The molecule has 0 saturated carbocycles. The predicted molar refractivity (Wildman–Crippen MR) is 99.0 cm³/mol. The second-order valence-corrected chi connectivity index (χ2v) is 7.51. The summed E-state index contributed by atoms with van der Waals surface area (Å²) in [5.74, 6) is 0.522. The lowest BCUT2D eigenvalue weighted by molar-refractivity contribution is -0.119. The van der Waals surface area contributed by atoms with Gasteiger partial charge in [0, 0.05) is 6.54 Å². The van der Waals surface area contributed by atoms with Gasteiger partial charge in [0.05, 0.1) is 0 Å². The highest BCUT2D eigenvalue weighted by Gasteiger charge is 2.21. The van der Waals surface area contributed by atoms with Crippen molar-refractivity contribution in [2.75, 3.05) is 19.7 Å². The van der Waals surface area contributed by atoms with E-state index >= 15 is 0 Å². The van der Waals surface area contributed by atoms with Crippen molar-refractivity contribution in [2.24, 2.45) is 5.73 Å². The summed E-state index contributed by atoms with van der Waals surface area (Å²) in [5.41, 5.74) is 6.67. The topological polar surface area (TPSA) is 103 Å². The van der Waals surface area contributed by atoms with Crippen LogP contribution in [0.1, 0.15) is 50.7 Å². The van der Waals surface area contributed by atoms with E-state index < -0.39 is 17.6 Å². The van der Waals surface area contributed by atoms with Crippen molar-refractivity contribution >= 4 is 12.0 Å². The molecular weight excluding hydrogens is 334 g/mol. The highest BCUT2D eigenvalue weighted by Crippen LogP contribution is 2.33. The molecule has 1 saturated heterocycles. The zero-order valence-corrected chi connectivity index (χ0v) is 15.8. The molecule has 1 aliphatic heterocycles. The standard InChI is InChI=1S/C19H29N3O4/c1-19(2,3)26-18(24)22-11-13-4-5-16(25-12-17(20)23)15(10-13)14-6-8-21-9-7-14/h4-5,10,14,21H,6-9,11-12H2,1-3H3,(H2,20,23)(H,22,24). The fourth-order valence-corrected chi connectivity index (χ4v) is 2.93. The van der Waals surface area contributed by atoms with Crippen molar-refractivity contribution < 1.29 is 19.1 Å². The van der Waals surface area contributed by atoms with Crippen LogP contribution in [-0.4, -0.2) is 37.3 Å². The van der Waals surface area contributed by atoms with E-state index in [0.717, 1.165) is 37.1 Å². The number of nitrogens with one attached hydrogen (secondary N) is 2. The number of carbonyl (C=O) groups is 2. The average molecular weight is 363 g/mol. The van der Waals surface area contributed by atoms with E-state index in [4.69, 9.17) is 15.2 Å². The minimum atomic E-state index is -0.531. The summed E-state index contributed by atoms with van der Waals surface area (Å²) in [7, 11) is 0. The first kappa shape index (κ1) is 20.0. The highest BCUT2D eigenvalue weighted by molar-refractivity contribution is 5.75. The van der Waals surface area contributed by atoms with Crippen molar-refractivity contribution in [3.05, 3.63) is 29.3 Å². The molecule has 2 amide bonds. The van der Waals surface area contributed by atoms with E-state index in [1.165, 1.54) is 0 Å². The van der Waals surface area contributed by atoms with Crippen LogP contribution in [0.5, 0.6) is 5.75 Å². The maximum atomic E-state index is 11.8. The van der Waals surface area contributed by atoms with Crippen LogP contribution in [0.15, 0.2) is 18.2 Å². The highest BCUT2D eigenvalue weighted by atomic mass is 16.6.